The Labute approximate surface area is 62.1 Å². The van der Waals surface area contributed by atoms with Crippen LogP contribution in [0.25, 0.3) is 0 Å². The standard InChI is InChI=1S/C7H6F3N/c8-7(9,10)6-11-4-2-1-3-5-11/h1-2,4-5H,6H2/q+1. The van der Waals surface area contributed by atoms with Gasteiger partial charge in [-0.1, -0.05) is 0 Å². The molecular formula is C7H6F3N+. The summed E-state index contributed by atoms with van der Waals surface area (Å²) in [6.07, 6.45) is -1.54. The third-order valence-corrected chi connectivity index (χ3v) is 1.07. The van der Waals surface area contributed by atoms with Crippen molar-refractivity contribution < 1.29 is 17.7 Å². The van der Waals surface area contributed by atoms with Crippen LogP contribution < -0.4 is 4.57 Å². The maximum Gasteiger partial charge on any atom is 0.448 e. The number of aromatic nitrogens is 1. The molecule has 0 spiro atoms. The Bertz CT molecular complexity index is 217. The van der Waals surface area contributed by atoms with Crippen LogP contribution in [0.2, 0.25) is 0 Å². The van der Waals surface area contributed by atoms with Gasteiger partial charge < -0.3 is 0 Å². The molecule has 59 valence electrons. The minimum atomic E-state index is -4.15. The SMILES string of the molecule is FC(F)(F)C[n+]1c[c]ccc1. The van der Waals surface area contributed by atoms with Crippen molar-refractivity contribution in [1.29, 1.82) is 0 Å². The van der Waals surface area contributed by atoms with Crippen molar-refractivity contribution in [2.75, 3.05) is 0 Å². The first kappa shape index (κ1) is 8.04. The summed E-state index contributed by atoms with van der Waals surface area (Å²) in [5, 5.41) is 0. The molecule has 0 bridgehead atoms. The largest absolute Gasteiger partial charge is 0.448 e. The van der Waals surface area contributed by atoms with Crippen LogP contribution in [-0.2, 0) is 6.54 Å². The second-order valence-corrected chi connectivity index (χ2v) is 2.09. The molecule has 1 aromatic heterocycles. The zero-order chi connectivity index (χ0) is 8.32. The van der Waals surface area contributed by atoms with E-state index in [1.807, 2.05) is 0 Å². The summed E-state index contributed by atoms with van der Waals surface area (Å²) >= 11 is 0. The van der Waals surface area contributed by atoms with E-state index in [9.17, 15) is 13.2 Å². The monoisotopic (exact) mass is 161 g/mol. The minimum Gasteiger partial charge on any atom is -0.195 e. The Morgan fingerprint density at radius 2 is 2.09 bits per heavy atom. The van der Waals surface area contributed by atoms with Crippen LogP contribution in [0.3, 0.4) is 0 Å². The van der Waals surface area contributed by atoms with E-state index < -0.39 is 12.7 Å². The van der Waals surface area contributed by atoms with E-state index in [2.05, 4.69) is 6.07 Å². The Morgan fingerprint density at radius 1 is 1.36 bits per heavy atom. The second kappa shape index (κ2) is 2.90. The van der Waals surface area contributed by atoms with E-state index in [0.29, 0.717) is 0 Å². The van der Waals surface area contributed by atoms with Gasteiger partial charge in [-0.15, -0.1) is 0 Å². The Hall–Kier alpha value is -1.06. The number of rotatable bonds is 1. The van der Waals surface area contributed by atoms with Gasteiger partial charge in [-0.05, 0) is 6.07 Å². The van der Waals surface area contributed by atoms with Gasteiger partial charge in [0.05, 0.1) is 6.07 Å². The molecule has 0 fully saturated rings. The van der Waals surface area contributed by atoms with E-state index in [0.717, 1.165) is 4.57 Å². The minimum absolute atomic E-state index is 0.954. The van der Waals surface area contributed by atoms with Gasteiger partial charge >= 0.3 is 6.18 Å². The van der Waals surface area contributed by atoms with Crippen LogP contribution >= 0.6 is 0 Å². The van der Waals surface area contributed by atoms with Crippen LogP contribution in [0.4, 0.5) is 13.2 Å². The Morgan fingerprint density at radius 3 is 2.55 bits per heavy atom. The van der Waals surface area contributed by atoms with Gasteiger partial charge in [0.2, 0.25) is 6.54 Å². The lowest BCUT2D eigenvalue weighted by Crippen LogP contribution is -2.40. The van der Waals surface area contributed by atoms with E-state index in [-0.39, 0.29) is 0 Å². The quantitative estimate of drug-likeness (QED) is 0.547. The van der Waals surface area contributed by atoms with E-state index >= 15 is 0 Å². The summed E-state index contributed by atoms with van der Waals surface area (Å²) in [7, 11) is 0. The average Bonchev–Trinajstić information content (AvgIpc) is 1.85. The second-order valence-electron chi connectivity index (χ2n) is 2.09. The number of nitrogens with zero attached hydrogens (tertiary/aromatic N) is 1. The average molecular weight is 161 g/mol. The molecule has 11 heavy (non-hydrogen) atoms. The molecule has 1 nitrogen and oxygen atoms in total. The molecule has 0 amide bonds. The van der Waals surface area contributed by atoms with Crippen molar-refractivity contribution in [2.24, 2.45) is 0 Å². The molecule has 0 aliphatic rings. The van der Waals surface area contributed by atoms with Gasteiger partial charge in [-0.25, -0.2) is 0 Å². The lowest BCUT2D eigenvalue weighted by atomic mass is 10.5. The molecule has 0 saturated carbocycles. The van der Waals surface area contributed by atoms with Crippen molar-refractivity contribution in [3.8, 4) is 0 Å². The van der Waals surface area contributed by atoms with Gasteiger partial charge in [0, 0.05) is 6.07 Å². The predicted molar refractivity (Wildman–Crippen MR) is 31.5 cm³/mol. The molecule has 0 unspecified atom stereocenters. The van der Waals surface area contributed by atoms with Gasteiger partial charge in [-0.2, -0.15) is 17.7 Å². The van der Waals surface area contributed by atoms with Crippen LogP contribution in [0, 0.1) is 6.07 Å². The van der Waals surface area contributed by atoms with Crippen LogP contribution in [0.1, 0.15) is 0 Å². The highest BCUT2D eigenvalue weighted by Crippen LogP contribution is 2.13. The highest BCUT2D eigenvalue weighted by molar-refractivity contribution is 4.81. The van der Waals surface area contributed by atoms with Crippen molar-refractivity contribution in [2.45, 2.75) is 12.7 Å². The first-order chi connectivity index (χ1) is 5.08. The zero-order valence-electron chi connectivity index (χ0n) is 5.60. The fourth-order valence-electron chi connectivity index (χ4n) is 0.696. The van der Waals surface area contributed by atoms with Gasteiger partial charge in [0.1, 0.15) is 0 Å². The summed E-state index contributed by atoms with van der Waals surface area (Å²) in [6.45, 7) is -0.954. The summed E-state index contributed by atoms with van der Waals surface area (Å²) in [5.74, 6) is 0. The predicted octanol–water partition coefficient (Wildman–Crippen LogP) is 1.34. The lowest BCUT2D eigenvalue weighted by molar-refractivity contribution is -0.719. The highest BCUT2D eigenvalue weighted by atomic mass is 19.4. The first-order valence-electron chi connectivity index (χ1n) is 3.00. The van der Waals surface area contributed by atoms with E-state index in [4.69, 9.17) is 0 Å². The first-order valence-corrected chi connectivity index (χ1v) is 3.00. The number of hydrogen-bond donors (Lipinski definition) is 0. The lowest BCUT2D eigenvalue weighted by Gasteiger charge is -1.99. The molecule has 0 saturated heterocycles. The number of halogens is 3. The molecule has 1 radical (unpaired) electrons. The van der Waals surface area contributed by atoms with Gasteiger partial charge in [0.15, 0.2) is 12.4 Å². The topological polar surface area (TPSA) is 3.88 Å². The van der Waals surface area contributed by atoms with E-state index in [1.54, 1.807) is 6.07 Å². The van der Waals surface area contributed by atoms with E-state index in [1.165, 1.54) is 18.5 Å². The van der Waals surface area contributed by atoms with Crippen molar-refractivity contribution in [3.63, 3.8) is 0 Å². The molecule has 1 rings (SSSR count). The number of alkyl halides is 3. The number of pyridine rings is 1. The number of hydrogen-bond acceptors (Lipinski definition) is 0. The molecule has 1 heterocycles. The molecule has 1 aromatic rings. The third kappa shape index (κ3) is 3.02. The van der Waals surface area contributed by atoms with Crippen LogP contribution in [0.5, 0.6) is 0 Å². The summed E-state index contributed by atoms with van der Waals surface area (Å²) < 4.78 is 36.1. The molecular weight excluding hydrogens is 155 g/mol. The molecule has 0 aliphatic carbocycles. The summed E-state index contributed by atoms with van der Waals surface area (Å²) in [6, 6.07) is 5.60. The van der Waals surface area contributed by atoms with Crippen LogP contribution in [-0.4, -0.2) is 6.18 Å². The van der Waals surface area contributed by atoms with Crippen molar-refractivity contribution >= 4 is 0 Å². The molecule has 4 heteroatoms. The fraction of sp³-hybridized carbons (Fsp3) is 0.286. The van der Waals surface area contributed by atoms with Gasteiger partial charge in [0.25, 0.3) is 0 Å². The molecule has 0 N–H and O–H groups in total. The normalized spacial score (nSPS) is 11.5. The molecule has 0 aliphatic heterocycles. The zero-order valence-corrected chi connectivity index (χ0v) is 5.60. The van der Waals surface area contributed by atoms with Crippen molar-refractivity contribution in [1.82, 2.24) is 0 Å². The third-order valence-electron chi connectivity index (χ3n) is 1.07. The van der Waals surface area contributed by atoms with Crippen molar-refractivity contribution in [3.05, 3.63) is 30.6 Å². The smallest absolute Gasteiger partial charge is 0.195 e. The maximum absolute atomic E-state index is 11.7. The molecule has 0 aromatic carbocycles. The Kier molecular flexibility index (Phi) is 2.12. The summed E-state index contributed by atoms with van der Waals surface area (Å²) in [4.78, 5) is 0. The Balaban J connectivity index is 2.66. The summed E-state index contributed by atoms with van der Waals surface area (Å²) in [5.41, 5.74) is 0. The van der Waals surface area contributed by atoms with Gasteiger partial charge in [-0.3, -0.25) is 0 Å². The fourth-order valence-corrected chi connectivity index (χ4v) is 0.696. The highest BCUT2D eigenvalue weighted by Gasteiger charge is 2.32. The maximum atomic E-state index is 11.7. The molecule has 0 atom stereocenters. The van der Waals surface area contributed by atoms with Crippen LogP contribution in [0.15, 0.2) is 24.5 Å².